The van der Waals surface area contributed by atoms with Crippen LogP contribution in [0.15, 0.2) is 26.7 Å². The second-order valence-electron chi connectivity index (χ2n) is 7.02. The number of aliphatic imine (C=N–C) groups is 1. The van der Waals surface area contributed by atoms with Crippen LogP contribution in [0.1, 0.15) is 32.6 Å². The molecule has 0 radical (unpaired) electrons. The summed E-state index contributed by atoms with van der Waals surface area (Å²) < 4.78 is 26.7. The lowest BCUT2D eigenvalue weighted by Gasteiger charge is -2.38. The molecule has 140 valence electrons. The molecule has 25 heavy (non-hydrogen) atoms. The zero-order valence-corrected chi connectivity index (χ0v) is 16.7. The Morgan fingerprint density at radius 1 is 1.44 bits per heavy atom. The van der Waals surface area contributed by atoms with Crippen LogP contribution in [0.3, 0.4) is 0 Å². The molecule has 1 saturated carbocycles. The van der Waals surface area contributed by atoms with Gasteiger partial charge in [0.2, 0.25) is 0 Å². The zero-order valence-electron chi connectivity index (χ0n) is 15.1. The fraction of sp³-hybridized carbons (Fsp3) is 0.706. The summed E-state index contributed by atoms with van der Waals surface area (Å²) in [5, 5.41) is 5.14. The van der Waals surface area contributed by atoms with Crippen LogP contribution in [-0.2, 0) is 10.0 Å². The molecule has 2 aliphatic rings. The van der Waals surface area contributed by atoms with Crippen LogP contribution in [0.2, 0.25) is 0 Å². The number of nitrogens with zero attached hydrogens (tertiary/aromatic N) is 3. The molecule has 1 spiro atoms. The molecule has 2 fully saturated rings. The first kappa shape index (κ1) is 18.7. The lowest BCUT2D eigenvalue weighted by Crippen LogP contribution is -2.43. The van der Waals surface area contributed by atoms with Gasteiger partial charge < -0.3 is 10.2 Å². The van der Waals surface area contributed by atoms with E-state index in [9.17, 15) is 8.42 Å². The van der Waals surface area contributed by atoms with Crippen molar-refractivity contribution in [3.05, 3.63) is 17.5 Å². The molecule has 0 unspecified atom stereocenters. The first-order chi connectivity index (χ1) is 12.0. The molecular formula is C17H28N4O2S2. The highest BCUT2D eigenvalue weighted by Gasteiger charge is 2.43. The molecule has 1 aromatic rings. The van der Waals surface area contributed by atoms with Gasteiger partial charge in [-0.15, -0.1) is 11.3 Å². The summed E-state index contributed by atoms with van der Waals surface area (Å²) in [4.78, 5) is 7.03. The van der Waals surface area contributed by atoms with E-state index >= 15 is 0 Å². The van der Waals surface area contributed by atoms with Gasteiger partial charge in [-0.25, -0.2) is 8.42 Å². The van der Waals surface area contributed by atoms with Crippen LogP contribution < -0.4 is 5.32 Å². The number of hydrogen-bond acceptors (Lipinski definition) is 4. The van der Waals surface area contributed by atoms with Gasteiger partial charge in [0.25, 0.3) is 10.0 Å². The maximum Gasteiger partial charge on any atom is 0.252 e. The topological polar surface area (TPSA) is 65.0 Å². The molecule has 0 amide bonds. The summed E-state index contributed by atoms with van der Waals surface area (Å²) in [6, 6.07) is 3.41. The molecule has 3 rings (SSSR count). The Kier molecular flexibility index (Phi) is 5.70. The van der Waals surface area contributed by atoms with Crippen molar-refractivity contribution in [2.75, 3.05) is 39.8 Å². The second kappa shape index (κ2) is 7.63. The highest BCUT2D eigenvalue weighted by atomic mass is 32.2. The number of nitrogens with one attached hydrogen (secondary N) is 1. The van der Waals surface area contributed by atoms with Gasteiger partial charge in [0.05, 0.1) is 6.54 Å². The van der Waals surface area contributed by atoms with E-state index in [1.165, 1.54) is 41.3 Å². The normalized spacial score (nSPS) is 20.3. The van der Waals surface area contributed by atoms with Crippen molar-refractivity contribution in [1.82, 2.24) is 14.5 Å². The lowest BCUT2D eigenvalue weighted by molar-refractivity contribution is 0.151. The number of sulfonamides is 1. The maximum atomic E-state index is 12.4. The number of guanidine groups is 1. The minimum Gasteiger partial charge on any atom is -0.357 e. The summed E-state index contributed by atoms with van der Waals surface area (Å²) >= 11 is 1.25. The van der Waals surface area contributed by atoms with Crippen molar-refractivity contribution in [1.29, 1.82) is 0 Å². The average Bonchev–Trinajstić information content (AvgIpc) is 3.23. The molecular weight excluding hydrogens is 356 g/mol. The molecule has 2 heterocycles. The Labute approximate surface area is 155 Å². The Bertz CT molecular complexity index is 696. The van der Waals surface area contributed by atoms with Crippen molar-refractivity contribution < 1.29 is 8.42 Å². The van der Waals surface area contributed by atoms with Crippen molar-refractivity contribution in [2.24, 2.45) is 10.4 Å². The first-order valence-electron chi connectivity index (χ1n) is 9.00. The monoisotopic (exact) mass is 384 g/mol. The first-order valence-corrected chi connectivity index (χ1v) is 11.3. The highest BCUT2D eigenvalue weighted by molar-refractivity contribution is 7.91. The smallest absolute Gasteiger partial charge is 0.252 e. The number of thiophene rings is 1. The minimum atomic E-state index is -3.39. The van der Waals surface area contributed by atoms with Gasteiger partial charge in [-0.2, -0.15) is 4.31 Å². The Morgan fingerprint density at radius 2 is 2.24 bits per heavy atom. The second-order valence-corrected chi connectivity index (χ2v) is 10.2. The molecule has 1 aromatic heterocycles. The van der Waals surface area contributed by atoms with E-state index in [1.54, 1.807) is 24.6 Å². The lowest BCUT2D eigenvalue weighted by atomic mass is 9.68. The van der Waals surface area contributed by atoms with Crippen LogP contribution in [0.4, 0.5) is 0 Å². The Balaban J connectivity index is 1.58. The quantitative estimate of drug-likeness (QED) is 0.603. The number of hydrogen-bond donors (Lipinski definition) is 1. The molecule has 0 bridgehead atoms. The predicted molar refractivity (Wildman–Crippen MR) is 103 cm³/mol. The van der Waals surface area contributed by atoms with Crippen LogP contribution >= 0.6 is 11.3 Å². The van der Waals surface area contributed by atoms with E-state index < -0.39 is 10.0 Å². The summed E-state index contributed by atoms with van der Waals surface area (Å²) in [6.45, 7) is 5.88. The van der Waals surface area contributed by atoms with Crippen molar-refractivity contribution in [3.63, 3.8) is 0 Å². The molecule has 8 heteroatoms. The molecule has 1 N–H and O–H groups in total. The Hall–Kier alpha value is -1.12. The standard InChI is InChI=1S/C17H28N4O2S2/c1-3-18-16(21-11-9-17(14-21)7-5-8-17)19-10-12-20(2)25(22,23)15-6-4-13-24-15/h4,6,13H,3,5,7-12,14H2,1-2H3,(H,18,19). The summed E-state index contributed by atoms with van der Waals surface area (Å²) in [5.41, 5.74) is 0.523. The van der Waals surface area contributed by atoms with Crippen molar-refractivity contribution in [2.45, 2.75) is 36.8 Å². The minimum absolute atomic E-state index is 0.383. The molecule has 1 aliphatic heterocycles. The fourth-order valence-corrected chi connectivity index (χ4v) is 5.97. The van der Waals surface area contributed by atoms with Crippen LogP contribution in [0, 0.1) is 5.41 Å². The number of likely N-dealkylation sites (N-methyl/N-ethyl adjacent to an activating group) is 1. The van der Waals surface area contributed by atoms with E-state index in [2.05, 4.69) is 22.1 Å². The maximum absolute atomic E-state index is 12.4. The van der Waals surface area contributed by atoms with E-state index in [-0.39, 0.29) is 0 Å². The average molecular weight is 385 g/mol. The van der Waals surface area contributed by atoms with Gasteiger partial charge in [-0.1, -0.05) is 12.5 Å². The SMILES string of the molecule is CCNC(=NCCN(C)S(=O)(=O)c1cccs1)N1CCC2(CCC2)C1. The highest BCUT2D eigenvalue weighted by Crippen LogP contribution is 2.47. The summed E-state index contributed by atoms with van der Waals surface area (Å²) in [7, 11) is -1.77. The predicted octanol–water partition coefficient (Wildman–Crippen LogP) is 2.21. The van der Waals surface area contributed by atoms with Gasteiger partial charge in [-0.3, -0.25) is 4.99 Å². The third-order valence-electron chi connectivity index (χ3n) is 5.32. The zero-order chi connectivity index (χ0) is 17.9. The van der Waals surface area contributed by atoms with Gasteiger partial charge in [0.1, 0.15) is 4.21 Å². The van der Waals surface area contributed by atoms with E-state index in [0.29, 0.717) is 22.7 Å². The van der Waals surface area contributed by atoms with Gasteiger partial charge >= 0.3 is 0 Å². The molecule has 0 atom stereocenters. The molecule has 1 aliphatic carbocycles. The van der Waals surface area contributed by atoms with Crippen LogP contribution in [0.25, 0.3) is 0 Å². The molecule has 1 saturated heterocycles. The largest absolute Gasteiger partial charge is 0.357 e. The summed E-state index contributed by atoms with van der Waals surface area (Å²) in [6.07, 6.45) is 5.28. The number of likely N-dealkylation sites (tertiary alicyclic amines) is 1. The van der Waals surface area contributed by atoms with E-state index in [1.807, 2.05) is 0 Å². The molecule has 0 aromatic carbocycles. The van der Waals surface area contributed by atoms with Crippen LogP contribution in [-0.4, -0.2) is 63.4 Å². The third kappa shape index (κ3) is 4.01. The van der Waals surface area contributed by atoms with Crippen molar-refractivity contribution >= 4 is 27.3 Å². The van der Waals surface area contributed by atoms with Crippen molar-refractivity contribution in [3.8, 4) is 0 Å². The van der Waals surface area contributed by atoms with Gasteiger partial charge in [0.15, 0.2) is 5.96 Å². The number of rotatable bonds is 6. The third-order valence-corrected chi connectivity index (χ3v) is 8.55. The fourth-order valence-electron chi connectivity index (χ4n) is 3.61. The Morgan fingerprint density at radius 3 is 2.80 bits per heavy atom. The summed E-state index contributed by atoms with van der Waals surface area (Å²) in [5.74, 6) is 0.924. The van der Waals surface area contributed by atoms with E-state index in [4.69, 9.17) is 0 Å². The van der Waals surface area contributed by atoms with Crippen LogP contribution in [0.5, 0.6) is 0 Å². The molecule has 6 nitrogen and oxygen atoms in total. The van der Waals surface area contributed by atoms with Gasteiger partial charge in [-0.05, 0) is 43.0 Å². The van der Waals surface area contributed by atoms with Gasteiger partial charge in [0, 0.05) is 33.2 Å². The van der Waals surface area contributed by atoms with E-state index in [0.717, 1.165) is 25.6 Å².